The van der Waals surface area contributed by atoms with Gasteiger partial charge < -0.3 is 9.53 Å². The zero-order chi connectivity index (χ0) is 24.0. The van der Waals surface area contributed by atoms with Gasteiger partial charge in [-0.1, -0.05) is 21.6 Å². The number of Topliss-reactive ketones (excluding diaryl/α,β-unsaturated/α-hetero) is 3. The Bertz CT molecular complexity index is 687. The Morgan fingerprint density at radius 3 is 2.03 bits per heavy atom. The SMILES string of the molecule is CC(=O)CCC(C)(C)SSCCCC(=O)CCOCCC(=O)CCCN1C(=O)C=CC1=O. The summed E-state index contributed by atoms with van der Waals surface area (Å²) >= 11 is 0. The van der Waals surface area contributed by atoms with Crippen LogP contribution in [0.25, 0.3) is 0 Å². The Labute approximate surface area is 198 Å². The zero-order valence-electron chi connectivity index (χ0n) is 19.4. The predicted octanol–water partition coefficient (Wildman–Crippen LogP) is 3.94. The Hall–Kier alpha value is -1.45. The molecule has 0 N–H and O–H groups in total. The van der Waals surface area contributed by atoms with Crippen molar-refractivity contribution in [3.8, 4) is 0 Å². The fourth-order valence-corrected chi connectivity index (χ4v) is 5.52. The molecule has 0 aromatic rings. The highest BCUT2D eigenvalue weighted by Crippen LogP contribution is 2.39. The lowest BCUT2D eigenvalue weighted by atomic mass is 10.1. The van der Waals surface area contributed by atoms with Crippen LogP contribution in [0.1, 0.15) is 72.1 Å². The monoisotopic (exact) mass is 485 g/mol. The molecule has 0 radical (unpaired) electrons. The van der Waals surface area contributed by atoms with Crippen molar-refractivity contribution in [2.75, 3.05) is 25.5 Å². The maximum Gasteiger partial charge on any atom is 0.253 e. The molecule has 0 saturated heterocycles. The van der Waals surface area contributed by atoms with E-state index in [1.165, 1.54) is 12.2 Å². The Morgan fingerprint density at radius 1 is 0.906 bits per heavy atom. The van der Waals surface area contributed by atoms with Gasteiger partial charge in [0.1, 0.15) is 17.3 Å². The van der Waals surface area contributed by atoms with Gasteiger partial charge in [-0.05, 0) is 40.0 Å². The van der Waals surface area contributed by atoms with Crippen LogP contribution in [0.5, 0.6) is 0 Å². The molecule has 0 atom stereocenters. The summed E-state index contributed by atoms with van der Waals surface area (Å²) in [7, 11) is 3.51. The van der Waals surface area contributed by atoms with Crippen LogP contribution in [0.3, 0.4) is 0 Å². The van der Waals surface area contributed by atoms with E-state index in [9.17, 15) is 24.0 Å². The van der Waals surface area contributed by atoms with Crippen molar-refractivity contribution in [3.05, 3.63) is 12.2 Å². The molecular weight excluding hydrogens is 450 g/mol. The average Bonchev–Trinajstić information content (AvgIpc) is 3.04. The second-order valence-electron chi connectivity index (χ2n) is 8.43. The van der Waals surface area contributed by atoms with Crippen LogP contribution in [-0.2, 0) is 28.7 Å². The molecule has 32 heavy (non-hydrogen) atoms. The molecule has 1 aliphatic rings. The van der Waals surface area contributed by atoms with Crippen molar-refractivity contribution in [2.24, 2.45) is 0 Å². The highest BCUT2D eigenvalue weighted by molar-refractivity contribution is 8.77. The number of hydrogen-bond acceptors (Lipinski definition) is 8. The number of imide groups is 1. The maximum atomic E-state index is 11.9. The van der Waals surface area contributed by atoms with Crippen molar-refractivity contribution >= 4 is 50.8 Å². The summed E-state index contributed by atoms with van der Waals surface area (Å²) in [5.74, 6) is 0.615. The molecule has 1 rings (SSSR count). The lowest BCUT2D eigenvalue weighted by Gasteiger charge is -2.22. The van der Waals surface area contributed by atoms with Crippen LogP contribution >= 0.6 is 21.6 Å². The van der Waals surface area contributed by atoms with Gasteiger partial charge in [-0.25, -0.2) is 0 Å². The summed E-state index contributed by atoms with van der Waals surface area (Å²) in [6.07, 6.45) is 6.61. The normalized spacial score (nSPS) is 13.8. The van der Waals surface area contributed by atoms with Gasteiger partial charge >= 0.3 is 0 Å². The lowest BCUT2D eigenvalue weighted by molar-refractivity contribution is -0.137. The van der Waals surface area contributed by atoms with Crippen LogP contribution in [0, 0.1) is 0 Å². The van der Waals surface area contributed by atoms with E-state index in [1.807, 2.05) is 0 Å². The molecule has 0 saturated carbocycles. The minimum Gasteiger partial charge on any atom is -0.381 e. The Kier molecular flexibility index (Phi) is 13.8. The molecular formula is C23H35NO6S2. The molecule has 0 unspecified atom stereocenters. The lowest BCUT2D eigenvalue weighted by Crippen LogP contribution is -2.31. The second kappa shape index (κ2) is 15.4. The number of carbonyl (C=O) groups is 5. The molecule has 1 aliphatic heterocycles. The maximum absolute atomic E-state index is 11.9. The Morgan fingerprint density at radius 2 is 1.47 bits per heavy atom. The number of amides is 2. The van der Waals surface area contributed by atoms with Crippen molar-refractivity contribution in [1.82, 2.24) is 4.90 Å². The number of hydrogen-bond donors (Lipinski definition) is 0. The molecule has 1 heterocycles. The molecule has 2 amide bonds. The van der Waals surface area contributed by atoms with E-state index in [1.54, 1.807) is 28.5 Å². The number of nitrogens with zero attached hydrogens (tertiary/aromatic N) is 1. The molecule has 7 nitrogen and oxygen atoms in total. The van der Waals surface area contributed by atoms with E-state index in [0.717, 1.165) is 23.5 Å². The summed E-state index contributed by atoms with van der Waals surface area (Å²) in [6.45, 7) is 6.72. The standard InChI is InChI=1S/C23H35NO6S2/c1-18(25)10-13-23(2,3)32-31-17-5-7-20(27)12-16-30-15-11-19(26)6-4-14-24-21(28)8-9-22(24)29/h8-9H,4-7,10-17H2,1-3H3. The molecule has 0 bridgehead atoms. The third kappa shape index (κ3) is 13.2. The van der Waals surface area contributed by atoms with Crippen molar-refractivity contribution in [2.45, 2.75) is 76.9 Å². The molecule has 180 valence electrons. The smallest absolute Gasteiger partial charge is 0.253 e. The summed E-state index contributed by atoms with van der Waals surface area (Å²) in [6, 6.07) is 0. The van der Waals surface area contributed by atoms with Gasteiger partial charge in [0.05, 0.1) is 13.2 Å². The van der Waals surface area contributed by atoms with Gasteiger partial charge in [0, 0.05) is 61.3 Å². The Balaban J connectivity index is 1.96. The first-order valence-corrected chi connectivity index (χ1v) is 13.4. The summed E-state index contributed by atoms with van der Waals surface area (Å²) < 4.78 is 5.45. The van der Waals surface area contributed by atoms with Crippen LogP contribution in [0.15, 0.2) is 12.2 Å². The average molecular weight is 486 g/mol. The first-order chi connectivity index (χ1) is 15.1. The third-order valence-corrected chi connectivity index (χ3v) is 8.27. The minimum atomic E-state index is -0.332. The second-order valence-corrected chi connectivity index (χ2v) is 11.5. The van der Waals surface area contributed by atoms with Crippen LogP contribution in [-0.4, -0.2) is 64.3 Å². The minimum absolute atomic E-state index is 0.0177. The molecule has 0 aliphatic carbocycles. The van der Waals surface area contributed by atoms with Gasteiger partial charge in [-0.2, -0.15) is 0 Å². The fourth-order valence-electron chi connectivity index (χ4n) is 2.86. The summed E-state index contributed by atoms with van der Waals surface area (Å²) in [4.78, 5) is 58.8. The number of carbonyl (C=O) groups excluding carboxylic acids is 5. The number of ether oxygens (including phenoxy) is 1. The van der Waals surface area contributed by atoms with Crippen molar-refractivity contribution in [3.63, 3.8) is 0 Å². The fraction of sp³-hybridized carbons (Fsp3) is 0.696. The van der Waals surface area contributed by atoms with Gasteiger partial charge in [-0.3, -0.25) is 24.1 Å². The summed E-state index contributed by atoms with van der Waals surface area (Å²) in [5, 5.41) is 0. The van der Waals surface area contributed by atoms with Gasteiger partial charge in [0.25, 0.3) is 11.8 Å². The van der Waals surface area contributed by atoms with E-state index in [2.05, 4.69) is 13.8 Å². The summed E-state index contributed by atoms with van der Waals surface area (Å²) in [5.41, 5.74) is 0. The molecule has 0 aromatic heterocycles. The largest absolute Gasteiger partial charge is 0.381 e. The first kappa shape index (κ1) is 28.6. The third-order valence-electron chi connectivity index (χ3n) is 4.84. The van der Waals surface area contributed by atoms with Crippen LogP contribution in [0.2, 0.25) is 0 Å². The van der Waals surface area contributed by atoms with E-state index in [-0.39, 0.29) is 53.5 Å². The van der Waals surface area contributed by atoms with Crippen LogP contribution < -0.4 is 0 Å². The van der Waals surface area contributed by atoms with Crippen molar-refractivity contribution < 1.29 is 28.7 Å². The van der Waals surface area contributed by atoms with E-state index < -0.39 is 0 Å². The van der Waals surface area contributed by atoms with E-state index in [0.29, 0.717) is 38.7 Å². The van der Waals surface area contributed by atoms with Gasteiger partial charge in [0.15, 0.2) is 0 Å². The highest BCUT2D eigenvalue weighted by Gasteiger charge is 2.22. The van der Waals surface area contributed by atoms with Gasteiger partial charge in [0.2, 0.25) is 0 Å². The first-order valence-electron chi connectivity index (χ1n) is 11.1. The van der Waals surface area contributed by atoms with Crippen LogP contribution in [0.4, 0.5) is 0 Å². The number of rotatable bonds is 19. The molecule has 0 aromatic carbocycles. The predicted molar refractivity (Wildman–Crippen MR) is 128 cm³/mol. The molecule has 9 heteroatoms. The number of ketones is 3. The zero-order valence-corrected chi connectivity index (χ0v) is 21.0. The van der Waals surface area contributed by atoms with E-state index >= 15 is 0 Å². The topological polar surface area (TPSA) is 97.8 Å². The quantitative estimate of drug-likeness (QED) is 0.154. The molecule has 0 fully saturated rings. The van der Waals surface area contributed by atoms with E-state index in [4.69, 9.17) is 4.74 Å². The highest BCUT2D eigenvalue weighted by atomic mass is 33.1. The van der Waals surface area contributed by atoms with Gasteiger partial charge in [-0.15, -0.1) is 0 Å². The molecule has 0 spiro atoms. The van der Waals surface area contributed by atoms with Crippen molar-refractivity contribution in [1.29, 1.82) is 0 Å².